The van der Waals surface area contributed by atoms with Crippen LogP contribution in [0.1, 0.15) is 109 Å². The van der Waals surface area contributed by atoms with E-state index in [1.54, 1.807) is 7.11 Å². The average Bonchev–Trinajstić information content (AvgIpc) is 2.82. The zero-order valence-electron chi connectivity index (χ0n) is 25.9. The molecule has 1 rings (SSSR count). The monoisotopic (exact) mass is 600 g/mol. The molecule has 39 heavy (non-hydrogen) atoms. The van der Waals surface area contributed by atoms with Crippen molar-refractivity contribution in [1.29, 1.82) is 0 Å². The molecule has 1 N–H and O–H groups in total. The highest BCUT2D eigenvalue weighted by atomic mass is 32.2. The summed E-state index contributed by atoms with van der Waals surface area (Å²) in [5.41, 5.74) is 0. The van der Waals surface area contributed by atoms with Crippen LogP contribution < -0.4 is 0 Å². The summed E-state index contributed by atoms with van der Waals surface area (Å²) in [6, 6.07) is 0. The Morgan fingerprint density at radius 1 is 0.795 bits per heavy atom. The van der Waals surface area contributed by atoms with Gasteiger partial charge in [0.2, 0.25) is 0 Å². The number of unbranched alkanes of at least 4 members (excludes halogenated alkanes) is 9. The minimum Gasteiger partial charge on any atom is -0.379 e. The quantitative estimate of drug-likeness (QED) is 0.0936. The van der Waals surface area contributed by atoms with Gasteiger partial charge in [0.15, 0.2) is 9.84 Å². The van der Waals surface area contributed by atoms with Crippen molar-refractivity contribution in [2.45, 2.75) is 115 Å². The van der Waals surface area contributed by atoms with Crippen LogP contribution in [0.15, 0.2) is 0 Å². The van der Waals surface area contributed by atoms with Gasteiger partial charge in [0.25, 0.3) is 10.1 Å². The second-order valence-electron chi connectivity index (χ2n) is 12.5. The number of sulfone groups is 1. The number of methoxy groups -OCH3 is 1. The van der Waals surface area contributed by atoms with E-state index in [0.717, 1.165) is 23.4 Å². The van der Waals surface area contributed by atoms with Gasteiger partial charge in [-0.05, 0) is 12.3 Å². The van der Waals surface area contributed by atoms with Crippen LogP contribution in [0.2, 0.25) is 0 Å². The predicted octanol–water partition coefficient (Wildman–Crippen LogP) is 5.90. The van der Waals surface area contributed by atoms with Gasteiger partial charge in [0, 0.05) is 20.1 Å². The molecule has 0 aromatic rings. The Morgan fingerprint density at radius 3 is 1.77 bits per heavy atom. The largest absolute Gasteiger partial charge is 0.379 e. The number of quaternary nitrogens is 1. The van der Waals surface area contributed by atoms with Crippen molar-refractivity contribution in [1.82, 2.24) is 0 Å². The van der Waals surface area contributed by atoms with Crippen LogP contribution in [0, 0.1) is 5.92 Å². The Hall–Kier alpha value is -0.260. The first kappa shape index (κ1) is 38.7. The van der Waals surface area contributed by atoms with E-state index < -0.39 is 20.0 Å². The molecule has 1 saturated carbocycles. The Bertz CT molecular complexity index is 766. The van der Waals surface area contributed by atoms with Crippen LogP contribution in [-0.2, 0) is 29.4 Å². The standard InChI is InChI=1S/C28H58NO4S.CH4O3S/c1-29(2,3)22-18-24-34(30,31)26-28(32-4)25-33-23-17-12-10-8-6-5-7-9-11-14-19-27-20-15-13-16-21-27;1-5(2,3)4/h27-28H,5-26H2,1-4H3;1H3,(H,2,3,4)/q+1;. The smallest absolute Gasteiger partial charge is 0.261 e. The van der Waals surface area contributed by atoms with Crippen molar-refractivity contribution in [3.05, 3.63) is 0 Å². The molecule has 0 bridgehead atoms. The lowest BCUT2D eigenvalue weighted by atomic mass is 9.85. The molecule has 0 aromatic carbocycles. The normalized spacial score (nSPS) is 16.1. The molecule has 1 aliphatic carbocycles. The van der Waals surface area contributed by atoms with Gasteiger partial charge in [-0.2, -0.15) is 8.42 Å². The van der Waals surface area contributed by atoms with Gasteiger partial charge in [0.1, 0.15) is 0 Å². The third kappa shape index (κ3) is 30.5. The van der Waals surface area contributed by atoms with E-state index in [9.17, 15) is 16.8 Å². The first-order chi connectivity index (χ1) is 18.2. The van der Waals surface area contributed by atoms with Crippen LogP contribution >= 0.6 is 0 Å². The summed E-state index contributed by atoms with van der Waals surface area (Å²) >= 11 is 0. The molecule has 0 radical (unpaired) electrons. The van der Waals surface area contributed by atoms with Gasteiger partial charge in [-0.25, -0.2) is 8.42 Å². The summed E-state index contributed by atoms with van der Waals surface area (Å²) in [6.45, 7) is 1.92. The summed E-state index contributed by atoms with van der Waals surface area (Å²) in [6.07, 6.45) is 23.3. The van der Waals surface area contributed by atoms with E-state index in [1.165, 1.54) is 96.3 Å². The van der Waals surface area contributed by atoms with E-state index in [2.05, 4.69) is 21.1 Å². The molecule has 0 aliphatic heterocycles. The summed E-state index contributed by atoms with van der Waals surface area (Å²) in [5, 5.41) is 0. The van der Waals surface area contributed by atoms with E-state index >= 15 is 0 Å². The molecule has 236 valence electrons. The molecule has 1 fully saturated rings. The van der Waals surface area contributed by atoms with Crippen LogP contribution in [0.4, 0.5) is 0 Å². The lowest BCUT2D eigenvalue weighted by Gasteiger charge is -2.23. The van der Waals surface area contributed by atoms with E-state index in [0.29, 0.717) is 25.9 Å². The maximum Gasteiger partial charge on any atom is 0.261 e. The summed E-state index contributed by atoms with van der Waals surface area (Å²) in [4.78, 5) is 0. The SMILES string of the molecule is COC(COCCCCCCCCCCCCC1CCCCC1)CS(=O)(=O)CCC[N+](C)(C)C.CS(=O)(=O)O. The Kier molecular flexibility index (Phi) is 22.2. The van der Waals surface area contributed by atoms with Crippen molar-refractivity contribution in [3.8, 4) is 0 Å². The second kappa shape index (κ2) is 22.4. The van der Waals surface area contributed by atoms with Gasteiger partial charge in [-0.3, -0.25) is 4.55 Å². The van der Waals surface area contributed by atoms with Crippen molar-refractivity contribution < 1.29 is 35.3 Å². The molecular formula is C29H62NO7S2+. The van der Waals surface area contributed by atoms with Crippen molar-refractivity contribution in [3.63, 3.8) is 0 Å². The fraction of sp³-hybridized carbons (Fsp3) is 1.00. The maximum atomic E-state index is 12.3. The molecule has 0 amide bonds. The molecular weight excluding hydrogens is 538 g/mol. The van der Waals surface area contributed by atoms with E-state index in [1.807, 2.05) is 0 Å². The number of ether oxygens (including phenoxy) is 2. The summed E-state index contributed by atoms with van der Waals surface area (Å²) in [5.74, 6) is 1.33. The fourth-order valence-electron chi connectivity index (χ4n) is 5.05. The number of hydrogen-bond acceptors (Lipinski definition) is 6. The molecule has 1 unspecified atom stereocenters. The lowest BCUT2D eigenvalue weighted by Crippen LogP contribution is -2.37. The number of rotatable bonds is 22. The fourth-order valence-corrected chi connectivity index (χ4v) is 6.59. The third-order valence-electron chi connectivity index (χ3n) is 7.24. The zero-order chi connectivity index (χ0) is 29.6. The van der Waals surface area contributed by atoms with Crippen LogP contribution in [0.5, 0.6) is 0 Å². The van der Waals surface area contributed by atoms with Crippen LogP contribution in [0.25, 0.3) is 0 Å². The molecule has 0 aromatic heterocycles. The minimum absolute atomic E-state index is 0.0568. The highest BCUT2D eigenvalue weighted by molar-refractivity contribution is 7.91. The summed E-state index contributed by atoms with van der Waals surface area (Å²) < 4.78 is 62.4. The molecule has 0 saturated heterocycles. The molecule has 10 heteroatoms. The van der Waals surface area contributed by atoms with Gasteiger partial charge in [0.05, 0.1) is 58.2 Å². The van der Waals surface area contributed by atoms with Crippen molar-refractivity contribution in [2.75, 3.05) is 65.8 Å². The van der Waals surface area contributed by atoms with Gasteiger partial charge < -0.3 is 14.0 Å². The topological polar surface area (TPSA) is 107 Å². The van der Waals surface area contributed by atoms with Crippen molar-refractivity contribution in [2.24, 2.45) is 5.92 Å². The highest BCUT2D eigenvalue weighted by Gasteiger charge is 2.20. The lowest BCUT2D eigenvalue weighted by molar-refractivity contribution is -0.870. The number of nitrogens with zero attached hydrogens (tertiary/aromatic N) is 1. The van der Waals surface area contributed by atoms with E-state index in [-0.39, 0.29) is 17.6 Å². The average molecular weight is 601 g/mol. The van der Waals surface area contributed by atoms with E-state index in [4.69, 9.17) is 14.0 Å². The highest BCUT2D eigenvalue weighted by Crippen LogP contribution is 2.28. The molecule has 0 spiro atoms. The molecule has 1 aliphatic rings. The van der Waals surface area contributed by atoms with Crippen LogP contribution in [0.3, 0.4) is 0 Å². The third-order valence-corrected chi connectivity index (χ3v) is 9.03. The van der Waals surface area contributed by atoms with Crippen LogP contribution in [-0.4, -0.2) is 97.7 Å². The first-order valence-electron chi connectivity index (χ1n) is 15.3. The molecule has 1 atom stereocenters. The Balaban J connectivity index is 0.00000263. The maximum absolute atomic E-state index is 12.3. The molecule has 0 heterocycles. The Labute approximate surface area is 241 Å². The zero-order valence-corrected chi connectivity index (χ0v) is 27.5. The number of hydrogen-bond donors (Lipinski definition) is 1. The van der Waals surface area contributed by atoms with Gasteiger partial charge >= 0.3 is 0 Å². The van der Waals surface area contributed by atoms with Crippen molar-refractivity contribution >= 4 is 20.0 Å². The predicted molar refractivity (Wildman–Crippen MR) is 163 cm³/mol. The Morgan fingerprint density at radius 2 is 1.28 bits per heavy atom. The van der Waals surface area contributed by atoms with Gasteiger partial charge in [-0.15, -0.1) is 0 Å². The summed E-state index contributed by atoms with van der Waals surface area (Å²) in [7, 11) is 1.05. The molecule has 8 nitrogen and oxygen atoms in total. The second-order valence-corrected chi connectivity index (χ2v) is 16.2. The first-order valence-corrected chi connectivity index (χ1v) is 18.9. The minimum atomic E-state index is -3.67. The van der Waals surface area contributed by atoms with Gasteiger partial charge in [-0.1, -0.05) is 96.3 Å².